The Kier molecular flexibility index (Phi) is 6.70. The van der Waals surface area contributed by atoms with E-state index in [1.165, 1.54) is 6.20 Å². The molecule has 4 rings (SSSR count). The van der Waals surface area contributed by atoms with E-state index in [1.54, 1.807) is 23.1 Å². The molecule has 1 aliphatic heterocycles. The van der Waals surface area contributed by atoms with Gasteiger partial charge in [0.25, 0.3) is 0 Å². The van der Waals surface area contributed by atoms with Crippen LogP contribution in [0.5, 0.6) is 0 Å². The first-order valence-corrected chi connectivity index (χ1v) is 11.0. The van der Waals surface area contributed by atoms with Gasteiger partial charge in [-0.2, -0.15) is 5.26 Å². The molecule has 9 nitrogen and oxygen atoms in total. The Morgan fingerprint density at radius 1 is 1.32 bits per heavy atom. The minimum absolute atomic E-state index is 0.00497. The molecule has 1 aliphatic carbocycles. The summed E-state index contributed by atoms with van der Waals surface area (Å²) in [5.74, 6) is -2.01. The van der Waals surface area contributed by atoms with E-state index in [0.29, 0.717) is 55.2 Å². The third-order valence-corrected chi connectivity index (χ3v) is 6.04. The highest BCUT2D eigenvalue weighted by Gasteiger charge is 2.39. The number of nitrogens with one attached hydrogen (secondary N) is 2. The Morgan fingerprint density at radius 3 is 2.82 bits per heavy atom. The van der Waals surface area contributed by atoms with Gasteiger partial charge in [-0.15, -0.1) is 0 Å². The fourth-order valence-corrected chi connectivity index (χ4v) is 4.16. The molecule has 1 atom stereocenters. The fourth-order valence-electron chi connectivity index (χ4n) is 4.16. The van der Waals surface area contributed by atoms with Gasteiger partial charge in [-0.05, 0) is 19.5 Å². The number of likely N-dealkylation sites (N-methyl/N-ethyl adjacent to an activating group) is 1. The van der Waals surface area contributed by atoms with Crippen molar-refractivity contribution < 1.29 is 18.4 Å². The predicted molar refractivity (Wildman–Crippen MR) is 121 cm³/mol. The SMILES string of the molecule is CN1CCN(Cc2ccc(Nc3cc(NC4CCC(F)(F)C4)c(C#N)cn3)nc2C=O)C(=O)C1. The molecule has 178 valence electrons. The highest BCUT2D eigenvalue weighted by atomic mass is 19.3. The zero-order chi connectivity index (χ0) is 24.3. The van der Waals surface area contributed by atoms with Crippen molar-refractivity contribution in [2.45, 2.75) is 37.8 Å². The second kappa shape index (κ2) is 9.69. The van der Waals surface area contributed by atoms with Gasteiger partial charge in [0, 0.05) is 56.3 Å². The van der Waals surface area contributed by atoms with Gasteiger partial charge in [0.1, 0.15) is 23.4 Å². The van der Waals surface area contributed by atoms with Gasteiger partial charge < -0.3 is 15.5 Å². The quantitative estimate of drug-likeness (QED) is 0.595. The summed E-state index contributed by atoms with van der Waals surface area (Å²) in [5.41, 5.74) is 1.49. The molecule has 34 heavy (non-hydrogen) atoms. The number of rotatable bonds is 7. The van der Waals surface area contributed by atoms with Crippen LogP contribution < -0.4 is 10.6 Å². The van der Waals surface area contributed by atoms with Crippen LogP contribution in [0.2, 0.25) is 0 Å². The summed E-state index contributed by atoms with van der Waals surface area (Å²) < 4.78 is 27.1. The number of pyridine rings is 2. The molecule has 2 aromatic rings. The van der Waals surface area contributed by atoms with Crippen LogP contribution in [0.15, 0.2) is 24.4 Å². The summed E-state index contributed by atoms with van der Waals surface area (Å²) in [5, 5.41) is 15.4. The van der Waals surface area contributed by atoms with Crippen LogP contribution in [0.4, 0.5) is 26.1 Å². The summed E-state index contributed by atoms with van der Waals surface area (Å²) in [7, 11) is 1.88. The van der Waals surface area contributed by atoms with Crippen molar-refractivity contribution in [3.05, 3.63) is 41.2 Å². The van der Waals surface area contributed by atoms with E-state index in [0.717, 1.165) is 6.54 Å². The van der Waals surface area contributed by atoms with Crippen LogP contribution >= 0.6 is 0 Å². The van der Waals surface area contributed by atoms with Crippen LogP contribution in [0.3, 0.4) is 0 Å². The smallest absolute Gasteiger partial charge is 0.250 e. The summed E-state index contributed by atoms with van der Waals surface area (Å²) in [6, 6.07) is 6.55. The third kappa shape index (κ3) is 5.46. The van der Waals surface area contributed by atoms with Gasteiger partial charge in [0.15, 0.2) is 6.29 Å². The number of carbonyl (C=O) groups excluding carboxylic acids is 2. The number of nitriles is 1. The molecule has 3 heterocycles. The summed E-state index contributed by atoms with van der Waals surface area (Å²) in [4.78, 5) is 36.1. The first-order chi connectivity index (χ1) is 16.3. The molecular formula is C23H25F2N7O2. The molecule has 2 aliphatic rings. The van der Waals surface area contributed by atoms with Crippen LogP contribution in [0.1, 0.15) is 40.9 Å². The number of aromatic nitrogens is 2. The van der Waals surface area contributed by atoms with Gasteiger partial charge in [-0.25, -0.2) is 18.7 Å². The molecule has 2 N–H and O–H groups in total. The second-order valence-electron chi connectivity index (χ2n) is 8.70. The van der Waals surface area contributed by atoms with E-state index in [1.807, 2.05) is 18.0 Å². The number of hydrogen-bond donors (Lipinski definition) is 2. The molecule has 0 aromatic carbocycles. The second-order valence-corrected chi connectivity index (χ2v) is 8.70. The summed E-state index contributed by atoms with van der Waals surface area (Å²) >= 11 is 0. The molecule has 0 spiro atoms. The Morgan fingerprint density at radius 2 is 2.15 bits per heavy atom. The molecular weight excluding hydrogens is 444 g/mol. The number of carbonyl (C=O) groups is 2. The number of nitrogens with zero attached hydrogens (tertiary/aromatic N) is 5. The van der Waals surface area contributed by atoms with Crippen LogP contribution in [0, 0.1) is 11.3 Å². The lowest BCUT2D eigenvalue weighted by atomic mass is 10.1. The molecule has 1 saturated heterocycles. The largest absolute Gasteiger partial charge is 0.381 e. The lowest BCUT2D eigenvalue weighted by Crippen LogP contribution is -2.48. The number of anilines is 3. The molecule has 11 heteroatoms. The monoisotopic (exact) mass is 469 g/mol. The zero-order valence-corrected chi connectivity index (χ0v) is 18.7. The maximum Gasteiger partial charge on any atom is 0.250 e. The van der Waals surface area contributed by atoms with Crippen molar-refractivity contribution in [3.63, 3.8) is 0 Å². The van der Waals surface area contributed by atoms with Crippen molar-refractivity contribution in [1.82, 2.24) is 19.8 Å². The number of halogens is 2. The summed E-state index contributed by atoms with van der Waals surface area (Å²) in [6.45, 7) is 1.96. The first kappa shape index (κ1) is 23.5. The van der Waals surface area contributed by atoms with Crippen molar-refractivity contribution in [1.29, 1.82) is 5.26 Å². The van der Waals surface area contributed by atoms with Gasteiger partial charge in [-0.3, -0.25) is 14.5 Å². The van der Waals surface area contributed by atoms with Gasteiger partial charge >= 0.3 is 0 Å². The number of alkyl halides is 2. The Balaban J connectivity index is 1.48. The van der Waals surface area contributed by atoms with Gasteiger partial charge in [0.2, 0.25) is 11.8 Å². The maximum absolute atomic E-state index is 13.5. The van der Waals surface area contributed by atoms with E-state index in [2.05, 4.69) is 20.6 Å². The zero-order valence-electron chi connectivity index (χ0n) is 18.7. The lowest BCUT2D eigenvalue weighted by Gasteiger charge is -2.32. The van der Waals surface area contributed by atoms with E-state index < -0.39 is 12.0 Å². The standard InChI is InChI=1S/C23H25F2N7O2/c1-31-6-7-32(22(34)13-31)12-15-2-3-20(29-19(15)14-33)30-21-8-18(16(10-26)11-27-21)28-17-4-5-23(24,25)9-17/h2-3,8,11,14,17H,4-7,9,12-13H2,1H3,(H2,27,28,29,30). The third-order valence-electron chi connectivity index (χ3n) is 6.04. The van der Waals surface area contributed by atoms with E-state index in [9.17, 15) is 23.6 Å². The molecule has 0 radical (unpaired) electrons. The minimum Gasteiger partial charge on any atom is -0.381 e. The molecule has 2 fully saturated rings. The number of amides is 1. The van der Waals surface area contributed by atoms with Crippen LogP contribution in [0.25, 0.3) is 0 Å². The Labute approximate surface area is 195 Å². The van der Waals surface area contributed by atoms with Crippen molar-refractivity contribution in [2.75, 3.05) is 37.3 Å². The highest BCUT2D eigenvalue weighted by molar-refractivity contribution is 5.80. The molecule has 1 saturated carbocycles. The highest BCUT2D eigenvalue weighted by Crippen LogP contribution is 2.37. The number of piperazine rings is 1. The van der Waals surface area contributed by atoms with Gasteiger partial charge in [-0.1, -0.05) is 6.07 Å². The Hall–Kier alpha value is -3.65. The van der Waals surface area contributed by atoms with E-state index in [-0.39, 0.29) is 30.0 Å². The topological polar surface area (TPSA) is 114 Å². The predicted octanol–water partition coefficient (Wildman–Crippen LogP) is 2.78. The summed E-state index contributed by atoms with van der Waals surface area (Å²) in [6.07, 6.45) is 1.83. The Bertz CT molecular complexity index is 1130. The van der Waals surface area contributed by atoms with Crippen LogP contribution in [-0.2, 0) is 11.3 Å². The van der Waals surface area contributed by atoms with E-state index >= 15 is 0 Å². The number of hydrogen-bond acceptors (Lipinski definition) is 8. The maximum atomic E-state index is 13.5. The average molecular weight is 469 g/mol. The normalized spacial score (nSPS) is 20.1. The number of aldehydes is 1. The molecule has 2 aromatic heterocycles. The first-order valence-electron chi connectivity index (χ1n) is 11.0. The van der Waals surface area contributed by atoms with Crippen LogP contribution in [-0.4, -0.2) is 70.6 Å². The van der Waals surface area contributed by atoms with Gasteiger partial charge in [0.05, 0.1) is 17.8 Å². The van der Waals surface area contributed by atoms with Crippen molar-refractivity contribution >= 4 is 29.5 Å². The minimum atomic E-state index is -2.70. The molecule has 1 amide bonds. The fraction of sp³-hybridized carbons (Fsp3) is 0.435. The van der Waals surface area contributed by atoms with Crippen molar-refractivity contribution in [2.24, 2.45) is 0 Å². The van der Waals surface area contributed by atoms with E-state index in [4.69, 9.17) is 0 Å². The molecule has 1 unspecified atom stereocenters. The lowest BCUT2D eigenvalue weighted by molar-refractivity contribution is -0.136. The van der Waals surface area contributed by atoms with Crippen molar-refractivity contribution in [3.8, 4) is 6.07 Å². The molecule has 0 bridgehead atoms. The average Bonchev–Trinajstić information content (AvgIpc) is 3.14.